The summed E-state index contributed by atoms with van der Waals surface area (Å²) in [6, 6.07) is 3.47. The normalized spacial score (nSPS) is 18.3. The number of nitrogens with zero attached hydrogens (tertiary/aromatic N) is 2. The number of hydrogen-bond donors (Lipinski definition) is 1. The van der Waals surface area contributed by atoms with Gasteiger partial charge in [0.2, 0.25) is 5.91 Å². The van der Waals surface area contributed by atoms with E-state index >= 15 is 0 Å². The third-order valence-electron chi connectivity index (χ3n) is 3.11. The molecule has 1 N–H and O–H groups in total. The summed E-state index contributed by atoms with van der Waals surface area (Å²) >= 11 is 0. The molecule has 1 unspecified atom stereocenters. The summed E-state index contributed by atoms with van der Waals surface area (Å²) in [6.07, 6.45) is -0.0154. The molecule has 8 heteroatoms. The molecule has 20 heavy (non-hydrogen) atoms. The summed E-state index contributed by atoms with van der Waals surface area (Å²) in [5, 5.41) is 13.8. The summed E-state index contributed by atoms with van der Waals surface area (Å²) in [7, 11) is 2.79. The van der Waals surface area contributed by atoms with E-state index in [9.17, 15) is 19.7 Å². The molecule has 0 bridgehead atoms. The molecule has 1 fully saturated rings. The van der Waals surface area contributed by atoms with Crippen molar-refractivity contribution >= 4 is 23.2 Å². The molecule has 1 heterocycles. The highest BCUT2D eigenvalue weighted by Gasteiger charge is 2.36. The number of methoxy groups -OCH3 is 1. The van der Waals surface area contributed by atoms with Gasteiger partial charge in [0.15, 0.2) is 0 Å². The van der Waals surface area contributed by atoms with E-state index in [4.69, 9.17) is 4.74 Å². The van der Waals surface area contributed by atoms with Crippen molar-refractivity contribution in [3.8, 4) is 5.75 Å². The highest BCUT2D eigenvalue weighted by Crippen LogP contribution is 2.30. The number of carbonyl (C=O) groups excluding carboxylic acids is 2. The average Bonchev–Trinajstić information content (AvgIpc) is 2.66. The van der Waals surface area contributed by atoms with Gasteiger partial charge in [0.05, 0.1) is 24.5 Å². The number of rotatable bonds is 4. The molecule has 1 atom stereocenters. The van der Waals surface area contributed by atoms with Crippen LogP contribution in [-0.2, 0) is 9.59 Å². The summed E-state index contributed by atoms with van der Waals surface area (Å²) < 4.78 is 4.92. The van der Waals surface area contributed by atoms with E-state index in [-0.39, 0.29) is 23.7 Å². The van der Waals surface area contributed by atoms with Crippen molar-refractivity contribution in [2.45, 2.75) is 12.5 Å². The van der Waals surface area contributed by atoms with Gasteiger partial charge in [-0.3, -0.25) is 24.6 Å². The second-order valence-electron chi connectivity index (χ2n) is 4.33. The Morgan fingerprint density at radius 1 is 1.45 bits per heavy atom. The zero-order chi connectivity index (χ0) is 14.9. The fourth-order valence-corrected chi connectivity index (χ4v) is 1.97. The van der Waals surface area contributed by atoms with Crippen LogP contribution in [-0.4, -0.2) is 41.8 Å². The van der Waals surface area contributed by atoms with E-state index < -0.39 is 16.9 Å². The molecule has 2 amide bonds. The number of nitro groups is 1. The number of imide groups is 1. The van der Waals surface area contributed by atoms with Crippen molar-refractivity contribution in [3.05, 3.63) is 28.3 Å². The van der Waals surface area contributed by atoms with Gasteiger partial charge < -0.3 is 10.1 Å². The minimum Gasteiger partial charge on any atom is -0.496 e. The second-order valence-corrected chi connectivity index (χ2v) is 4.33. The summed E-state index contributed by atoms with van der Waals surface area (Å²) in [5.74, 6) is -0.378. The molecule has 0 saturated carbocycles. The number of benzene rings is 1. The number of carbonyl (C=O) groups is 2. The number of nitro benzene ring substituents is 1. The first-order valence-corrected chi connectivity index (χ1v) is 5.83. The Kier molecular flexibility index (Phi) is 3.55. The molecule has 1 aromatic carbocycles. The molecule has 1 aliphatic rings. The van der Waals surface area contributed by atoms with Crippen LogP contribution in [0.3, 0.4) is 0 Å². The summed E-state index contributed by atoms with van der Waals surface area (Å²) in [4.78, 5) is 34.6. The van der Waals surface area contributed by atoms with Gasteiger partial charge >= 0.3 is 0 Å². The van der Waals surface area contributed by atoms with Crippen LogP contribution in [0.15, 0.2) is 18.2 Å². The number of likely N-dealkylation sites (tertiary alicyclic amines) is 1. The predicted octanol–water partition coefficient (Wildman–Crippen LogP) is 0.773. The van der Waals surface area contributed by atoms with Crippen LogP contribution in [0.1, 0.15) is 6.42 Å². The molecule has 1 aliphatic heterocycles. The largest absolute Gasteiger partial charge is 0.496 e. The molecular weight excluding hydrogens is 266 g/mol. The molecule has 2 rings (SSSR count). The molecule has 0 aliphatic carbocycles. The van der Waals surface area contributed by atoms with Crippen LogP contribution < -0.4 is 10.1 Å². The van der Waals surface area contributed by atoms with E-state index in [1.54, 1.807) is 6.07 Å². The molecule has 0 radical (unpaired) electrons. The van der Waals surface area contributed by atoms with Gasteiger partial charge in [0, 0.05) is 7.05 Å². The zero-order valence-corrected chi connectivity index (χ0v) is 11.0. The average molecular weight is 279 g/mol. The number of amides is 2. The van der Waals surface area contributed by atoms with Crippen LogP contribution in [0.4, 0.5) is 11.4 Å². The van der Waals surface area contributed by atoms with Gasteiger partial charge in [-0.15, -0.1) is 0 Å². The molecule has 0 spiro atoms. The third-order valence-corrected chi connectivity index (χ3v) is 3.11. The lowest BCUT2D eigenvalue weighted by Gasteiger charge is -2.13. The third kappa shape index (κ3) is 2.40. The van der Waals surface area contributed by atoms with Crippen molar-refractivity contribution < 1.29 is 19.2 Å². The van der Waals surface area contributed by atoms with Crippen molar-refractivity contribution in [1.82, 2.24) is 4.90 Å². The maximum Gasteiger partial charge on any atom is 0.296 e. The van der Waals surface area contributed by atoms with Gasteiger partial charge in [-0.1, -0.05) is 0 Å². The maximum atomic E-state index is 11.8. The van der Waals surface area contributed by atoms with Crippen molar-refractivity contribution in [3.63, 3.8) is 0 Å². The Labute approximate surface area is 114 Å². The van der Waals surface area contributed by atoms with E-state index in [1.807, 2.05) is 0 Å². The molecule has 1 aromatic rings. The van der Waals surface area contributed by atoms with Crippen LogP contribution in [0.5, 0.6) is 5.75 Å². The topological polar surface area (TPSA) is 102 Å². The highest BCUT2D eigenvalue weighted by molar-refractivity contribution is 6.06. The maximum absolute atomic E-state index is 11.8. The molecule has 1 saturated heterocycles. The lowest BCUT2D eigenvalue weighted by atomic mass is 10.2. The standard InChI is InChI=1S/C12H13N3O5/c1-14-11(16)6-9(12(14)17)13-8-4-3-7(20-2)5-10(8)15(18)19/h3-5,9,13H,6H2,1-2H3. The monoisotopic (exact) mass is 279 g/mol. The zero-order valence-electron chi connectivity index (χ0n) is 11.0. The molecule has 0 aromatic heterocycles. The first-order chi connectivity index (χ1) is 9.43. The Morgan fingerprint density at radius 3 is 2.65 bits per heavy atom. The minimum atomic E-state index is -0.778. The Bertz CT molecular complexity index is 586. The Balaban J connectivity index is 2.28. The molecule has 8 nitrogen and oxygen atoms in total. The fraction of sp³-hybridized carbons (Fsp3) is 0.333. The number of hydrogen-bond acceptors (Lipinski definition) is 6. The highest BCUT2D eigenvalue weighted by atomic mass is 16.6. The van der Waals surface area contributed by atoms with E-state index in [1.165, 1.54) is 26.3 Å². The summed E-state index contributed by atoms with van der Waals surface area (Å²) in [5.41, 5.74) is -0.0311. The van der Waals surface area contributed by atoms with Crippen LogP contribution in [0, 0.1) is 10.1 Å². The molecule has 106 valence electrons. The lowest BCUT2D eigenvalue weighted by Crippen LogP contribution is -2.31. The van der Waals surface area contributed by atoms with Crippen LogP contribution in [0.25, 0.3) is 0 Å². The quantitative estimate of drug-likeness (QED) is 0.496. The number of ether oxygens (including phenoxy) is 1. The number of anilines is 1. The smallest absolute Gasteiger partial charge is 0.296 e. The van der Waals surface area contributed by atoms with Gasteiger partial charge in [0.1, 0.15) is 17.5 Å². The molecular formula is C12H13N3O5. The van der Waals surface area contributed by atoms with Crippen LogP contribution in [0.2, 0.25) is 0 Å². The van der Waals surface area contributed by atoms with Crippen molar-refractivity contribution in [2.75, 3.05) is 19.5 Å². The lowest BCUT2D eigenvalue weighted by molar-refractivity contribution is -0.384. The van der Waals surface area contributed by atoms with E-state index in [0.29, 0.717) is 5.75 Å². The van der Waals surface area contributed by atoms with E-state index in [0.717, 1.165) is 4.90 Å². The predicted molar refractivity (Wildman–Crippen MR) is 69.5 cm³/mol. The van der Waals surface area contributed by atoms with Gasteiger partial charge in [0.25, 0.3) is 11.6 Å². The Morgan fingerprint density at radius 2 is 2.15 bits per heavy atom. The number of nitrogens with one attached hydrogen (secondary N) is 1. The Hall–Kier alpha value is -2.64. The van der Waals surface area contributed by atoms with E-state index in [2.05, 4.69) is 5.32 Å². The van der Waals surface area contributed by atoms with Gasteiger partial charge in [-0.25, -0.2) is 0 Å². The van der Waals surface area contributed by atoms with Crippen LogP contribution >= 0.6 is 0 Å². The first kappa shape index (κ1) is 13.8. The summed E-state index contributed by atoms with van der Waals surface area (Å²) in [6.45, 7) is 0. The minimum absolute atomic E-state index is 0.0154. The SMILES string of the molecule is COc1ccc(NC2CC(=O)N(C)C2=O)c([N+](=O)[O-])c1. The van der Waals surface area contributed by atoms with Gasteiger partial charge in [-0.2, -0.15) is 0 Å². The van der Waals surface area contributed by atoms with Gasteiger partial charge in [-0.05, 0) is 12.1 Å². The number of likely N-dealkylation sites (N-methyl/N-ethyl adjacent to an activating group) is 1. The second kappa shape index (κ2) is 5.16. The first-order valence-electron chi connectivity index (χ1n) is 5.83. The fourth-order valence-electron chi connectivity index (χ4n) is 1.97. The van der Waals surface area contributed by atoms with Crippen molar-refractivity contribution in [1.29, 1.82) is 0 Å². The van der Waals surface area contributed by atoms with Crippen molar-refractivity contribution in [2.24, 2.45) is 0 Å².